The highest BCUT2D eigenvalue weighted by Crippen LogP contribution is 2.28. The smallest absolute Gasteiger partial charge is 0.128 e. The Bertz CT molecular complexity index is 421. The summed E-state index contributed by atoms with van der Waals surface area (Å²) in [6.45, 7) is 8.49. The zero-order valence-electron chi connectivity index (χ0n) is 13.6. The van der Waals surface area contributed by atoms with Crippen LogP contribution in [0.2, 0.25) is 0 Å². The Hall–Kier alpha value is -1.13. The molecular formula is C17H29N3O. The molecule has 1 aromatic heterocycles. The minimum absolute atomic E-state index is 0.123. The molecule has 0 atom stereocenters. The number of hydrogen-bond donors (Lipinski definition) is 2. The predicted octanol–water partition coefficient (Wildman–Crippen LogP) is 2.71. The van der Waals surface area contributed by atoms with Crippen molar-refractivity contribution in [1.82, 2.24) is 10.3 Å². The van der Waals surface area contributed by atoms with Crippen molar-refractivity contribution in [3.63, 3.8) is 0 Å². The van der Waals surface area contributed by atoms with Gasteiger partial charge in [0.05, 0.1) is 0 Å². The van der Waals surface area contributed by atoms with Crippen molar-refractivity contribution in [1.29, 1.82) is 0 Å². The Kier molecular flexibility index (Phi) is 5.59. The molecule has 1 aromatic rings. The molecule has 2 rings (SSSR count). The van der Waals surface area contributed by atoms with Crippen molar-refractivity contribution in [2.75, 3.05) is 18.1 Å². The van der Waals surface area contributed by atoms with E-state index in [1.54, 1.807) is 0 Å². The molecule has 0 bridgehead atoms. The first kappa shape index (κ1) is 16.2. The molecule has 1 aliphatic rings. The molecule has 4 heteroatoms. The molecule has 0 aliphatic heterocycles. The predicted molar refractivity (Wildman–Crippen MR) is 87.5 cm³/mol. The molecule has 0 saturated heterocycles. The van der Waals surface area contributed by atoms with E-state index in [-0.39, 0.29) is 12.1 Å². The molecule has 0 amide bonds. The second-order valence-electron chi connectivity index (χ2n) is 6.98. The number of nitrogens with zero attached hydrogens (tertiary/aromatic N) is 2. The highest BCUT2D eigenvalue weighted by atomic mass is 16.3. The minimum Gasteiger partial charge on any atom is -0.396 e. The summed E-state index contributed by atoms with van der Waals surface area (Å²) in [4.78, 5) is 7.00. The molecule has 1 heterocycles. The summed E-state index contributed by atoms with van der Waals surface area (Å²) in [6, 6.07) is 4.89. The van der Waals surface area contributed by atoms with Gasteiger partial charge in [0.15, 0.2) is 0 Å². The van der Waals surface area contributed by atoms with Gasteiger partial charge in [0.1, 0.15) is 5.82 Å². The topological polar surface area (TPSA) is 48.4 Å². The quantitative estimate of drug-likeness (QED) is 0.811. The summed E-state index contributed by atoms with van der Waals surface area (Å²) >= 11 is 0. The van der Waals surface area contributed by atoms with Gasteiger partial charge in [0.25, 0.3) is 0 Å². The maximum Gasteiger partial charge on any atom is 0.128 e. The van der Waals surface area contributed by atoms with E-state index in [4.69, 9.17) is 5.11 Å². The van der Waals surface area contributed by atoms with E-state index in [2.05, 4.69) is 48.1 Å². The van der Waals surface area contributed by atoms with Crippen molar-refractivity contribution in [3.05, 3.63) is 23.9 Å². The van der Waals surface area contributed by atoms with Gasteiger partial charge in [-0.2, -0.15) is 0 Å². The van der Waals surface area contributed by atoms with Crippen LogP contribution in [0.15, 0.2) is 18.3 Å². The highest BCUT2D eigenvalue weighted by Gasteiger charge is 2.25. The first-order valence-corrected chi connectivity index (χ1v) is 8.07. The van der Waals surface area contributed by atoms with Crippen molar-refractivity contribution >= 4 is 5.82 Å². The summed E-state index contributed by atoms with van der Waals surface area (Å²) in [6.07, 6.45) is 6.60. The lowest BCUT2D eigenvalue weighted by Crippen LogP contribution is -2.41. The van der Waals surface area contributed by atoms with Crippen molar-refractivity contribution in [2.24, 2.45) is 0 Å². The Balaban J connectivity index is 1.97. The third-order valence-corrected chi connectivity index (χ3v) is 4.00. The van der Waals surface area contributed by atoms with E-state index in [0.717, 1.165) is 25.3 Å². The van der Waals surface area contributed by atoms with Crippen LogP contribution >= 0.6 is 0 Å². The third kappa shape index (κ3) is 4.97. The monoisotopic (exact) mass is 291 g/mol. The SMILES string of the molecule is CC(C)(C)NCc1ccc(N(CCCO)C2CCC2)nc1. The lowest BCUT2D eigenvalue weighted by atomic mass is 9.91. The van der Waals surface area contributed by atoms with Gasteiger partial charge in [-0.05, 0) is 58.1 Å². The van der Waals surface area contributed by atoms with Gasteiger partial charge in [-0.15, -0.1) is 0 Å². The van der Waals surface area contributed by atoms with Crippen LogP contribution in [-0.4, -0.2) is 34.8 Å². The van der Waals surface area contributed by atoms with Crippen LogP contribution in [0.1, 0.15) is 52.0 Å². The van der Waals surface area contributed by atoms with Gasteiger partial charge < -0.3 is 15.3 Å². The number of aliphatic hydroxyl groups is 1. The van der Waals surface area contributed by atoms with Gasteiger partial charge >= 0.3 is 0 Å². The Morgan fingerprint density at radius 2 is 2.10 bits per heavy atom. The number of anilines is 1. The molecule has 0 radical (unpaired) electrons. The van der Waals surface area contributed by atoms with Crippen LogP contribution in [-0.2, 0) is 6.54 Å². The lowest BCUT2D eigenvalue weighted by molar-refractivity contribution is 0.282. The fourth-order valence-corrected chi connectivity index (χ4v) is 2.48. The molecule has 0 spiro atoms. The molecule has 21 heavy (non-hydrogen) atoms. The van der Waals surface area contributed by atoms with Crippen LogP contribution in [0.5, 0.6) is 0 Å². The summed E-state index contributed by atoms with van der Waals surface area (Å²) in [5.74, 6) is 1.05. The Morgan fingerprint density at radius 3 is 2.57 bits per heavy atom. The van der Waals surface area contributed by atoms with Crippen LogP contribution in [0.25, 0.3) is 0 Å². The molecule has 118 valence electrons. The van der Waals surface area contributed by atoms with E-state index >= 15 is 0 Å². The number of rotatable bonds is 7. The maximum absolute atomic E-state index is 9.07. The summed E-state index contributed by atoms with van der Waals surface area (Å²) in [5.41, 5.74) is 1.34. The normalized spacial score (nSPS) is 15.8. The summed E-state index contributed by atoms with van der Waals surface area (Å²) in [7, 11) is 0. The summed E-state index contributed by atoms with van der Waals surface area (Å²) in [5, 5.41) is 12.5. The molecule has 0 unspecified atom stereocenters. The fraction of sp³-hybridized carbons (Fsp3) is 0.706. The van der Waals surface area contributed by atoms with Crippen molar-refractivity contribution < 1.29 is 5.11 Å². The molecular weight excluding hydrogens is 262 g/mol. The van der Waals surface area contributed by atoms with E-state index in [0.29, 0.717) is 6.04 Å². The number of nitrogens with one attached hydrogen (secondary N) is 1. The van der Waals surface area contributed by atoms with E-state index in [1.165, 1.54) is 24.8 Å². The van der Waals surface area contributed by atoms with Gasteiger partial charge in [-0.1, -0.05) is 6.07 Å². The summed E-state index contributed by atoms with van der Waals surface area (Å²) < 4.78 is 0. The standard InChI is InChI=1S/C17H29N3O/c1-17(2,3)19-13-14-8-9-16(18-12-14)20(10-5-11-21)15-6-4-7-15/h8-9,12,15,19,21H,4-7,10-11,13H2,1-3H3. The van der Waals surface area contributed by atoms with Gasteiger partial charge in [-0.3, -0.25) is 0 Å². The zero-order valence-corrected chi connectivity index (χ0v) is 13.6. The average molecular weight is 291 g/mol. The second kappa shape index (κ2) is 7.23. The van der Waals surface area contributed by atoms with E-state index in [9.17, 15) is 0 Å². The van der Waals surface area contributed by atoms with E-state index < -0.39 is 0 Å². The second-order valence-corrected chi connectivity index (χ2v) is 6.98. The Labute approximate surface area is 128 Å². The number of aliphatic hydroxyl groups excluding tert-OH is 1. The van der Waals surface area contributed by atoms with Crippen LogP contribution in [0.4, 0.5) is 5.82 Å². The zero-order chi connectivity index (χ0) is 15.3. The molecule has 0 aromatic carbocycles. The number of aromatic nitrogens is 1. The highest BCUT2D eigenvalue weighted by molar-refractivity contribution is 5.41. The lowest BCUT2D eigenvalue weighted by Gasteiger charge is -2.38. The van der Waals surface area contributed by atoms with E-state index in [1.807, 2.05) is 6.20 Å². The number of pyridine rings is 1. The molecule has 1 saturated carbocycles. The Morgan fingerprint density at radius 1 is 1.33 bits per heavy atom. The molecule has 4 nitrogen and oxygen atoms in total. The van der Waals surface area contributed by atoms with Gasteiger partial charge in [-0.25, -0.2) is 4.98 Å². The van der Waals surface area contributed by atoms with Crippen LogP contribution < -0.4 is 10.2 Å². The maximum atomic E-state index is 9.07. The van der Waals surface area contributed by atoms with Gasteiger partial charge in [0, 0.05) is 37.5 Å². The van der Waals surface area contributed by atoms with Crippen LogP contribution in [0, 0.1) is 0 Å². The number of hydrogen-bond acceptors (Lipinski definition) is 4. The van der Waals surface area contributed by atoms with Crippen molar-refractivity contribution in [3.8, 4) is 0 Å². The first-order valence-electron chi connectivity index (χ1n) is 8.07. The average Bonchev–Trinajstić information content (AvgIpc) is 2.39. The van der Waals surface area contributed by atoms with Crippen LogP contribution in [0.3, 0.4) is 0 Å². The molecule has 1 fully saturated rings. The minimum atomic E-state index is 0.123. The van der Waals surface area contributed by atoms with Gasteiger partial charge in [0.2, 0.25) is 0 Å². The fourth-order valence-electron chi connectivity index (χ4n) is 2.48. The molecule has 1 aliphatic carbocycles. The third-order valence-electron chi connectivity index (χ3n) is 4.00. The molecule has 2 N–H and O–H groups in total. The first-order chi connectivity index (χ1) is 9.99. The van der Waals surface area contributed by atoms with Crippen molar-refractivity contribution in [2.45, 2.75) is 64.6 Å². The largest absolute Gasteiger partial charge is 0.396 e.